The molecule has 2 aromatic rings. The predicted molar refractivity (Wildman–Crippen MR) is 66.3 cm³/mol. The SMILES string of the molecule is CC(C)c1ccc2c(=N)n(COP(=O)(O)O)cnn12. The predicted octanol–water partition coefficient (Wildman–Crippen LogP) is 0.805. The first kappa shape index (κ1) is 14.0. The first-order valence-electron chi connectivity index (χ1n) is 5.61. The van der Waals surface area contributed by atoms with E-state index >= 15 is 0 Å². The quantitative estimate of drug-likeness (QED) is 0.720. The molecule has 0 radical (unpaired) electrons. The number of hydrogen-bond donors (Lipinski definition) is 3. The minimum absolute atomic E-state index is 0.0790. The van der Waals surface area contributed by atoms with Crippen LogP contribution in [0.25, 0.3) is 5.52 Å². The molecule has 0 aliphatic carbocycles. The van der Waals surface area contributed by atoms with Crippen LogP contribution in [0.5, 0.6) is 0 Å². The first-order chi connectivity index (χ1) is 8.79. The molecule has 0 aromatic carbocycles. The van der Waals surface area contributed by atoms with Crippen molar-refractivity contribution in [1.29, 1.82) is 5.41 Å². The van der Waals surface area contributed by atoms with Gasteiger partial charge in [0, 0.05) is 5.69 Å². The van der Waals surface area contributed by atoms with Gasteiger partial charge >= 0.3 is 7.82 Å². The van der Waals surface area contributed by atoms with E-state index in [1.54, 1.807) is 10.6 Å². The molecule has 0 bridgehead atoms. The molecule has 2 rings (SSSR count). The number of nitrogens with zero attached hydrogens (tertiary/aromatic N) is 3. The van der Waals surface area contributed by atoms with Crippen molar-refractivity contribution in [3.63, 3.8) is 0 Å². The highest BCUT2D eigenvalue weighted by Crippen LogP contribution is 2.35. The molecule has 19 heavy (non-hydrogen) atoms. The van der Waals surface area contributed by atoms with Crippen LogP contribution in [0.1, 0.15) is 25.5 Å². The maximum absolute atomic E-state index is 10.6. The Labute approximate surface area is 109 Å². The van der Waals surface area contributed by atoms with E-state index in [9.17, 15) is 4.57 Å². The Morgan fingerprint density at radius 1 is 1.47 bits per heavy atom. The Morgan fingerprint density at radius 2 is 2.16 bits per heavy atom. The second-order valence-corrected chi connectivity index (χ2v) is 5.65. The average Bonchev–Trinajstić information content (AvgIpc) is 2.71. The number of hydrogen-bond acceptors (Lipinski definition) is 4. The van der Waals surface area contributed by atoms with Gasteiger partial charge in [0.15, 0.2) is 5.49 Å². The first-order valence-corrected chi connectivity index (χ1v) is 7.14. The number of phosphoric ester groups is 1. The van der Waals surface area contributed by atoms with E-state index in [0.29, 0.717) is 5.52 Å². The van der Waals surface area contributed by atoms with Crippen LogP contribution in [0.4, 0.5) is 0 Å². The van der Waals surface area contributed by atoms with Crippen molar-refractivity contribution >= 4 is 13.3 Å². The molecule has 0 spiro atoms. The summed E-state index contributed by atoms with van der Waals surface area (Å²) in [5.74, 6) is 0.261. The Balaban J connectivity index is 2.42. The molecule has 0 atom stereocenters. The fourth-order valence-electron chi connectivity index (χ4n) is 1.74. The smallest absolute Gasteiger partial charge is 0.303 e. The molecule has 0 aliphatic rings. The van der Waals surface area contributed by atoms with Gasteiger partial charge in [-0.3, -0.25) is 14.5 Å². The molecule has 104 valence electrons. The lowest BCUT2D eigenvalue weighted by Crippen LogP contribution is -2.24. The van der Waals surface area contributed by atoms with Crippen LogP contribution in [-0.2, 0) is 15.8 Å². The van der Waals surface area contributed by atoms with Crippen LogP contribution in [0.3, 0.4) is 0 Å². The number of rotatable bonds is 4. The van der Waals surface area contributed by atoms with Crippen molar-refractivity contribution in [2.24, 2.45) is 0 Å². The van der Waals surface area contributed by atoms with Crippen molar-refractivity contribution in [2.75, 3.05) is 0 Å². The highest BCUT2D eigenvalue weighted by Gasteiger charge is 2.15. The molecule has 0 unspecified atom stereocenters. The molecule has 3 N–H and O–H groups in total. The summed E-state index contributed by atoms with van der Waals surface area (Å²) in [6.45, 7) is 3.62. The van der Waals surface area contributed by atoms with Crippen molar-refractivity contribution in [1.82, 2.24) is 14.2 Å². The molecule has 0 amide bonds. The number of phosphoric acid groups is 1. The second-order valence-electron chi connectivity index (χ2n) is 4.41. The van der Waals surface area contributed by atoms with Gasteiger partial charge in [-0.1, -0.05) is 13.8 Å². The fraction of sp³-hybridized carbons (Fsp3) is 0.400. The van der Waals surface area contributed by atoms with Crippen LogP contribution >= 0.6 is 7.82 Å². The maximum atomic E-state index is 10.6. The third kappa shape index (κ3) is 2.93. The third-order valence-corrected chi connectivity index (χ3v) is 3.13. The van der Waals surface area contributed by atoms with Crippen molar-refractivity contribution in [3.8, 4) is 0 Å². The van der Waals surface area contributed by atoms with E-state index < -0.39 is 14.6 Å². The average molecular weight is 286 g/mol. The van der Waals surface area contributed by atoms with Crippen molar-refractivity contribution in [3.05, 3.63) is 29.6 Å². The number of aromatic nitrogens is 3. The molecule has 2 aromatic heterocycles. The summed E-state index contributed by atoms with van der Waals surface area (Å²) in [5.41, 5.74) is 1.60. The molecule has 0 aliphatic heterocycles. The van der Waals surface area contributed by atoms with Gasteiger partial charge in [0.2, 0.25) is 0 Å². The summed E-state index contributed by atoms with van der Waals surface area (Å²) in [4.78, 5) is 17.3. The van der Waals surface area contributed by atoms with Crippen LogP contribution in [0.2, 0.25) is 0 Å². The van der Waals surface area contributed by atoms with Crippen molar-refractivity contribution < 1.29 is 18.9 Å². The van der Waals surface area contributed by atoms with Gasteiger partial charge < -0.3 is 9.79 Å². The lowest BCUT2D eigenvalue weighted by molar-refractivity contribution is 0.149. The van der Waals surface area contributed by atoms with Crippen LogP contribution in [0, 0.1) is 5.41 Å². The Morgan fingerprint density at radius 3 is 2.74 bits per heavy atom. The Bertz CT molecular complexity index is 699. The molecule has 8 nitrogen and oxygen atoms in total. The van der Waals surface area contributed by atoms with Gasteiger partial charge in [0.05, 0.1) is 0 Å². The standard InChI is InChI=1S/C10H15N4O4P/c1-7(2)8-3-4-9-10(11)13(5-12-14(8)9)6-18-19(15,16)17/h3-5,7,11H,6H2,1-2H3,(H2,15,16,17). The summed E-state index contributed by atoms with van der Waals surface area (Å²) in [6, 6.07) is 3.62. The largest absolute Gasteiger partial charge is 0.471 e. The van der Waals surface area contributed by atoms with Gasteiger partial charge in [0.1, 0.15) is 18.6 Å². The topological polar surface area (TPSA) is 113 Å². The van der Waals surface area contributed by atoms with Gasteiger partial charge in [-0.25, -0.2) is 9.08 Å². The molecular weight excluding hydrogens is 271 g/mol. The number of fused-ring (bicyclic) bond motifs is 1. The summed E-state index contributed by atoms with van der Waals surface area (Å²) in [7, 11) is -4.56. The lowest BCUT2D eigenvalue weighted by Gasteiger charge is -2.10. The molecule has 9 heteroatoms. The van der Waals surface area contributed by atoms with Crippen molar-refractivity contribution in [2.45, 2.75) is 26.5 Å². The highest BCUT2D eigenvalue weighted by molar-refractivity contribution is 7.46. The van der Waals surface area contributed by atoms with E-state index in [-0.39, 0.29) is 11.4 Å². The molecule has 0 fully saturated rings. The summed E-state index contributed by atoms with van der Waals surface area (Å²) in [5, 5.41) is 12.1. The molecule has 0 saturated heterocycles. The highest BCUT2D eigenvalue weighted by atomic mass is 31.2. The van der Waals surface area contributed by atoms with Crippen LogP contribution < -0.4 is 5.49 Å². The normalized spacial score (nSPS) is 12.5. The summed E-state index contributed by atoms with van der Waals surface area (Å²) >= 11 is 0. The maximum Gasteiger partial charge on any atom is 0.471 e. The van der Waals surface area contributed by atoms with E-state index in [1.807, 2.05) is 19.9 Å². The zero-order chi connectivity index (χ0) is 14.2. The van der Waals surface area contributed by atoms with E-state index in [1.165, 1.54) is 10.9 Å². The Kier molecular flexibility index (Phi) is 3.60. The number of nitrogens with one attached hydrogen (secondary N) is 1. The summed E-state index contributed by atoms with van der Waals surface area (Å²) in [6.07, 6.45) is 1.32. The minimum Gasteiger partial charge on any atom is -0.303 e. The van der Waals surface area contributed by atoms with E-state index in [4.69, 9.17) is 15.2 Å². The monoisotopic (exact) mass is 286 g/mol. The van der Waals surface area contributed by atoms with Gasteiger partial charge in [-0.05, 0) is 18.1 Å². The van der Waals surface area contributed by atoms with Gasteiger partial charge in [0.25, 0.3) is 0 Å². The van der Waals surface area contributed by atoms with E-state index in [0.717, 1.165) is 5.69 Å². The van der Waals surface area contributed by atoms with E-state index in [2.05, 4.69) is 9.62 Å². The fourth-order valence-corrected chi connectivity index (χ4v) is 2.02. The second kappa shape index (κ2) is 4.90. The molecule has 2 heterocycles. The third-order valence-electron chi connectivity index (χ3n) is 2.68. The lowest BCUT2D eigenvalue weighted by atomic mass is 10.1. The minimum atomic E-state index is -4.56. The van der Waals surface area contributed by atoms with Crippen LogP contribution in [0.15, 0.2) is 18.5 Å². The zero-order valence-electron chi connectivity index (χ0n) is 10.5. The molecule has 0 saturated carbocycles. The van der Waals surface area contributed by atoms with Crippen LogP contribution in [-0.4, -0.2) is 24.0 Å². The zero-order valence-corrected chi connectivity index (χ0v) is 11.4. The van der Waals surface area contributed by atoms with Gasteiger partial charge in [-0.15, -0.1) is 0 Å². The Hall–Kier alpha value is -1.47. The van der Waals surface area contributed by atoms with Gasteiger partial charge in [-0.2, -0.15) is 5.10 Å². The summed E-state index contributed by atoms with van der Waals surface area (Å²) < 4.78 is 17.9. The molecular formula is C10H15N4O4P.